The lowest BCUT2D eigenvalue weighted by Crippen LogP contribution is -2.51. The highest BCUT2D eigenvalue weighted by Crippen LogP contribution is 2.62. The van der Waals surface area contributed by atoms with Gasteiger partial charge in [-0.2, -0.15) is 0 Å². The number of carbonyl (C=O) groups is 1. The molecule has 4 nitrogen and oxygen atoms in total. The van der Waals surface area contributed by atoms with Crippen molar-refractivity contribution in [2.75, 3.05) is 13.2 Å². The Morgan fingerprint density at radius 1 is 1.26 bits per heavy atom. The van der Waals surface area contributed by atoms with Crippen molar-refractivity contribution >= 4 is 5.97 Å². The van der Waals surface area contributed by atoms with Gasteiger partial charge in [0.05, 0.1) is 18.1 Å². The fourth-order valence-electron chi connectivity index (χ4n) is 6.16. The fraction of sp³-hybridized carbons (Fsp3) is 0.682. The quantitative estimate of drug-likeness (QED) is 0.649. The van der Waals surface area contributed by atoms with Crippen molar-refractivity contribution in [3.8, 4) is 0 Å². The van der Waals surface area contributed by atoms with Crippen LogP contribution < -0.4 is 5.32 Å². The highest BCUT2D eigenvalue weighted by Gasteiger charge is 2.64. The van der Waals surface area contributed by atoms with Gasteiger partial charge in [-0.15, -0.1) is 0 Å². The van der Waals surface area contributed by atoms with E-state index in [2.05, 4.69) is 12.2 Å². The van der Waals surface area contributed by atoms with Gasteiger partial charge in [-0.1, -0.05) is 19.1 Å². The number of epoxide rings is 1. The lowest BCUT2D eigenvalue weighted by molar-refractivity contribution is -0.147. The van der Waals surface area contributed by atoms with E-state index >= 15 is 0 Å². The molecule has 1 aromatic rings. The molecule has 5 heteroatoms. The van der Waals surface area contributed by atoms with Crippen molar-refractivity contribution in [2.45, 2.75) is 57.3 Å². The zero-order valence-electron chi connectivity index (χ0n) is 15.9. The lowest BCUT2D eigenvalue weighted by Gasteiger charge is -2.51. The largest absolute Gasteiger partial charge is 0.462 e. The second-order valence-corrected chi connectivity index (χ2v) is 9.36. The van der Waals surface area contributed by atoms with E-state index in [0.29, 0.717) is 19.0 Å². The first kappa shape index (κ1) is 17.6. The summed E-state index contributed by atoms with van der Waals surface area (Å²) < 4.78 is 24.8. The number of carbonyl (C=O) groups excluding carboxylic acids is 1. The third-order valence-electron chi connectivity index (χ3n) is 7.69. The molecule has 0 bridgehead atoms. The van der Waals surface area contributed by atoms with Crippen LogP contribution in [0.25, 0.3) is 0 Å². The minimum Gasteiger partial charge on any atom is -0.462 e. The Labute approximate surface area is 159 Å². The van der Waals surface area contributed by atoms with Gasteiger partial charge in [0.15, 0.2) is 0 Å². The van der Waals surface area contributed by atoms with Crippen LogP contribution in [0.3, 0.4) is 0 Å². The first-order chi connectivity index (χ1) is 13.0. The normalized spacial score (nSPS) is 42.5. The van der Waals surface area contributed by atoms with Gasteiger partial charge in [0.25, 0.3) is 0 Å². The molecule has 0 aromatic heterocycles. The van der Waals surface area contributed by atoms with Crippen LogP contribution in [-0.2, 0) is 20.8 Å². The van der Waals surface area contributed by atoms with E-state index in [-0.39, 0.29) is 40.7 Å². The predicted octanol–water partition coefficient (Wildman–Crippen LogP) is 3.44. The van der Waals surface area contributed by atoms with E-state index in [4.69, 9.17) is 9.47 Å². The molecular weight excluding hydrogens is 345 g/mol. The summed E-state index contributed by atoms with van der Waals surface area (Å²) >= 11 is 0. The molecule has 0 radical (unpaired) electrons. The number of ether oxygens (including phenoxy) is 2. The Kier molecular flexibility index (Phi) is 4.10. The number of rotatable bonds is 4. The van der Waals surface area contributed by atoms with E-state index in [1.54, 1.807) is 12.1 Å². The highest BCUT2D eigenvalue weighted by molar-refractivity contribution is 5.75. The molecular formula is C22H28FNO3. The smallest absolute Gasteiger partial charge is 0.310 e. The summed E-state index contributed by atoms with van der Waals surface area (Å²) in [6.45, 7) is 4.53. The fourth-order valence-corrected chi connectivity index (χ4v) is 6.16. The molecule has 1 aromatic carbocycles. The van der Waals surface area contributed by atoms with Crippen LogP contribution in [0.5, 0.6) is 0 Å². The number of nitrogens with one attached hydrogen (secondary N) is 1. The molecule has 2 aliphatic carbocycles. The second kappa shape index (κ2) is 6.28. The molecule has 4 aliphatic rings. The van der Waals surface area contributed by atoms with E-state index in [1.807, 2.05) is 0 Å². The van der Waals surface area contributed by atoms with Crippen LogP contribution in [0.15, 0.2) is 24.3 Å². The van der Waals surface area contributed by atoms with Gasteiger partial charge >= 0.3 is 5.97 Å². The maximum atomic E-state index is 13.0. The number of hydrogen-bond acceptors (Lipinski definition) is 4. The Balaban J connectivity index is 1.26. The molecule has 0 amide bonds. The standard InChI is InChI=1S/C22H28FNO3/c1-21-7-2-8-22(13-26-22)19(21)9-16-17(20(25)27-18(16)10-21)12-24-11-14-3-5-15(23)6-4-14/h3-6,16-19,24H,2,7-13H2,1H3. The van der Waals surface area contributed by atoms with Crippen LogP contribution >= 0.6 is 0 Å². The van der Waals surface area contributed by atoms with Gasteiger partial charge < -0.3 is 14.8 Å². The van der Waals surface area contributed by atoms with Crippen molar-refractivity contribution in [1.29, 1.82) is 0 Å². The minimum absolute atomic E-state index is 0.0513. The van der Waals surface area contributed by atoms with Crippen LogP contribution in [0.4, 0.5) is 4.39 Å². The predicted molar refractivity (Wildman–Crippen MR) is 98.3 cm³/mol. The zero-order chi connectivity index (χ0) is 18.6. The van der Waals surface area contributed by atoms with Crippen molar-refractivity contribution in [3.63, 3.8) is 0 Å². The number of hydrogen-bond donors (Lipinski definition) is 1. The Morgan fingerprint density at radius 2 is 2.04 bits per heavy atom. The van der Waals surface area contributed by atoms with Crippen LogP contribution in [0, 0.1) is 29.0 Å². The average Bonchev–Trinajstić information content (AvgIpc) is 3.33. The van der Waals surface area contributed by atoms with Crippen molar-refractivity contribution in [3.05, 3.63) is 35.6 Å². The summed E-state index contributed by atoms with van der Waals surface area (Å²) in [5, 5.41) is 3.39. The summed E-state index contributed by atoms with van der Waals surface area (Å²) in [6, 6.07) is 6.49. The molecule has 6 atom stereocenters. The van der Waals surface area contributed by atoms with Gasteiger partial charge in [-0.3, -0.25) is 4.79 Å². The number of halogens is 1. The van der Waals surface area contributed by atoms with Gasteiger partial charge in [0, 0.05) is 19.0 Å². The molecule has 146 valence electrons. The topological polar surface area (TPSA) is 50.9 Å². The molecule has 1 N–H and O–H groups in total. The molecule has 5 rings (SSSR count). The lowest BCUT2D eigenvalue weighted by atomic mass is 9.53. The Morgan fingerprint density at radius 3 is 2.78 bits per heavy atom. The Hall–Kier alpha value is -1.46. The molecule has 2 aliphatic heterocycles. The van der Waals surface area contributed by atoms with Crippen molar-refractivity contribution < 1.29 is 18.7 Å². The first-order valence-electron chi connectivity index (χ1n) is 10.3. The van der Waals surface area contributed by atoms with Gasteiger partial charge in [-0.25, -0.2) is 4.39 Å². The zero-order valence-corrected chi connectivity index (χ0v) is 15.9. The van der Waals surface area contributed by atoms with E-state index in [1.165, 1.54) is 31.4 Å². The minimum atomic E-state index is -0.227. The molecule has 27 heavy (non-hydrogen) atoms. The van der Waals surface area contributed by atoms with Crippen LogP contribution in [-0.4, -0.2) is 30.8 Å². The van der Waals surface area contributed by atoms with Gasteiger partial charge in [0.2, 0.25) is 0 Å². The SMILES string of the molecule is CC12CCCC3(CO3)C1CC1C(C2)OC(=O)C1CNCc1ccc(F)cc1. The number of benzene rings is 1. The van der Waals surface area contributed by atoms with E-state index in [0.717, 1.165) is 25.0 Å². The monoisotopic (exact) mass is 373 g/mol. The molecule has 2 saturated carbocycles. The molecule has 2 saturated heterocycles. The molecule has 6 unspecified atom stereocenters. The van der Waals surface area contributed by atoms with E-state index < -0.39 is 0 Å². The third-order valence-corrected chi connectivity index (χ3v) is 7.69. The highest BCUT2D eigenvalue weighted by atomic mass is 19.1. The second-order valence-electron chi connectivity index (χ2n) is 9.36. The van der Waals surface area contributed by atoms with Crippen molar-refractivity contribution in [1.82, 2.24) is 5.32 Å². The third kappa shape index (κ3) is 2.99. The van der Waals surface area contributed by atoms with Crippen LogP contribution in [0.2, 0.25) is 0 Å². The van der Waals surface area contributed by atoms with Crippen LogP contribution in [0.1, 0.15) is 44.6 Å². The summed E-state index contributed by atoms with van der Waals surface area (Å²) in [6.07, 6.45) is 5.69. The van der Waals surface area contributed by atoms with Crippen molar-refractivity contribution in [2.24, 2.45) is 23.2 Å². The molecule has 1 spiro atoms. The van der Waals surface area contributed by atoms with Gasteiger partial charge in [-0.05, 0) is 61.1 Å². The summed E-state index contributed by atoms with van der Waals surface area (Å²) in [4.78, 5) is 12.6. The summed E-state index contributed by atoms with van der Waals surface area (Å²) in [7, 11) is 0. The molecule has 2 heterocycles. The summed E-state index contributed by atoms with van der Waals surface area (Å²) in [5.74, 6) is 0.474. The van der Waals surface area contributed by atoms with Gasteiger partial charge in [0.1, 0.15) is 11.9 Å². The average molecular weight is 373 g/mol. The number of esters is 1. The Bertz CT molecular complexity index is 732. The first-order valence-corrected chi connectivity index (χ1v) is 10.3. The maximum Gasteiger partial charge on any atom is 0.310 e. The number of fused-ring (bicyclic) bond motifs is 3. The maximum absolute atomic E-state index is 13.0. The van der Waals surface area contributed by atoms with E-state index in [9.17, 15) is 9.18 Å². The summed E-state index contributed by atoms with van der Waals surface area (Å²) in [5.41, 5.74) is 1.36. The molecule has 4 fully saturated rings.